The Balaban J connectivity index is 2.14. The Kier molecular flexibility index (Phi) is 5.01. The van der Waals surface area contributed by atoms with E-state index < -0.39 is 41.6 Å². The summed E-state index contributed by atoms with van der Waals surface area (Å²) in [4.78, 5) is 39.5. The summed E-state index contributed by atoms with van der Waals surface area (Å²) in [5.74, 6) is -4.58. The number of rotatable bonds is 4. The Morgan fingerprint density at radius 1 is 1.10 bits per heavy atom. The molecule has 8 nitrogen and oxygen atoms in total. The van der Waals surface area contributed by atoms with Gasteiger partial charge in [-0.25, -0.2) is 9.59 Å². The lowest BCUT2D eigenvalue weighted by Crippen LogP contribution is -2.72. The van der Waals surface area contributed by atoms with Crippen molar-refractivity contribution in [3.05, 3.63) is 65.5 Å². The largest absolute Gasteiger partial charge is 0.478 e. The Morgan fingerprint density at radius 3 is 2.28 bits per heavy atom. The summed E-state index contributed by atoms with van der Waals surface area (Å²) >= 11 is 0. The third kappa shape index (κ3) is 3.63. The van der Waals surface area contributed by atoms with Gasteiger partial charge in [0.05, 0.1) is 11.6 Å². The van der Waals surface area contributed by atoms with Gasteiger partial charge in [-0.1, -0.05) is 12.1 Å². The average molecular weight is 409 g/mol. The summed E-state index contributed by atoms with van der Waals surface area (Å²) in [6.45, 7) is 0. The smallest absolute Gasteiger partial charge is 0.437 e. The number of pyridine rings is 1. The van der Waals surface area contributed by atoms with E-state index in [2.05, 4.69) is 10.3 Å². The van der Waals surface area contributed by atoms with Gasteiger partial charge in [0.15, 0.2) is 5.78 Å². The average Bonchev–Trinajstić information content (AvgIpc) is 2.67. The number of benzene rings is 1. The molecule has 4 N–H and O–H groups in total. The van der Waals surface area contributed by atoms with Crippen molar-refractivity contribution in [3.63, 3.8) is 0 Å². The molecule has 0 radical (unpaired) electrons. The van der Waals surface area contributed by atoms with Gasteiger partial charge < -0.3 is 20.8 Å². The van der Waals surface area contributed by atoms with Gasteiger partial charge in [0, 0.05) is 18.0 Å². The van der Waals surface area contributed by atoms with Gasteiger partial charge in [0.25, 0.3) is 0 Å². The van der Waals surface area contributed by atoms with Gasteiger partial charge >= 0.3 is 18.2 Å². The highest BCUT2D eigenvalue weighted by Gasteiger charge is 2.66. The molecule has 1 fully saturated rings. The second kappa shape index (κ2) is 7.17. The minimum Gasteiger partial charge on any atom is -0.478 e. The molecule has 1 aliphatic rings. The van der Waals surface area contributed by atoms with Crippen LogP contribution in [-0.2, 0) is 0 Å². The first kappa shape index (κ1) is 20.3. The maximum Gasteiger partial charge on any atom is 0.437 e. The Bertz CT molecular complexity index is 949. The molecule has 1 aromatic heterocycles. The highest BCUT2D eigenvalue weighted by Crippen LogP contribution is 2.43. The van der Waals surface area contributed by atoms with E-state index in [1.54, 1.807) is 0 Å². The third-order valence-electron chi connectivity index (χ3n) is 4.55. The highest BCUT2D eigenvalue weighted by molar-refractivity contribution is 6.00. The van der Waals surface area contributed by atoms with Crippen molar-refractivity contribution in [1.29, 1.82) is 0 Å². The van der Waals surface area contributed by atoms with Crippen molar-refractivity contribution in [3.8, 4) is 0 Å². The summed E-state index contributed by atoms with van der Waals surface area (Å²) in [5, 5.41) is 23.0. The first-order valence-corrected chi connectivity index (χ1v) is 8.20. The van der Waals surface area contributed by atoms with Crippen molar-refractivity contribution in [2.75, 3.05) is 0 Å². The fourth-order valence-corrected chi connectivity index (χ4v) is 3.14. The first-order chi connectivity index (χ1) is 13.5. The monoisotopic (exact) mass is 409 g/mol. The molecule has 1 aromatic carbocycles. The molecule has 1 saturated heterocycles. The number of nitrogens with zero attached hydrogens (tertiary/aromatic N) is 1. The number of aromatic carboxylic acids is 1. The molecule has 29 heavy (non-hydrogen) atoms. The molecule has 11 heteroatoms. The lowest BCUT2D eigenvalue weighted by molar-refractivity contribution is -0.287. The standard InChI is InChI=1S/C18H14F3N3O5/c19-18(20,21)17(29)12(14(25)11-2-1-7-22-8-11)13(23-16(28)24-17)9-3-5-10(6-4-9)15(26)27/h1-8,12-13,29H,(H,26,27)(H2,23,24,28)/t12-,13-,17+/m0/s1. The van der Waals surface area contributed by atoms with Crippen LogP contribution in [0.3, 0.4) is 0 Å². The molecule has 152 valence electrons. The number of halogens is 3. The third-order valence-corrected chi connectivity index (χ3v) is 4.55. The Labute approximate surface area is 161 Å². The van der Waals surface area contributed by atoms with Crippen LogP contribution < -0.4 is 10.6 Å². The Hall–Kier alpha value is -3.47. The van der Waals surface area contributed by atoms with Gasteiger partial charge in [-0.3, -0.25) is 9.78 Å². The van der Waals surface area contributed by atoms with E-state index >= 15 is 0 Å². The predicted octanol–water partition coefficient (Wildman–Crippen LogP) is 1.88. The zero-order valence-electron chi connectivity index (χ0n) is 14.5. The molecule has 0 saturated carbocycles. The van der Waals surface area contributed by atoms with Gasteiger partial charge in [-0.15, -0.1) is 0 Å². The summed E-state index contributed by atoms with van der Waals surface area (Å²) < 4.78 is 41.2. The van der Waals surface area contributed by atoms with Crippen molar-refractivity contribution < 1.29 is 37.8 Å². The first-order valence-electron chi connectivity index (χ1n) is 8.20. The number of hydrogen-bond acceptors (Lipinski definition) is 5. The fourth-order valence-electron chi connectivity index (χ4n) is 3.14. The van der Waals surface area contributed by atoms with Gasteiger partial charge in [0.1, 0.15) is 5.92 Å². The van der Waals surface area contributed by atoms with Crippen LogP contribution in [0.2, 0.25) is 0 Å². The van der Waals surface area contributed by atoms with Gasteiger partial charge in [-0.05, 0) is 29.8 Å². The molecule has 0 spiro atoms. The number of Topliss-reactive ketones (excluding diaryl/α,β-unsaturated/α-hetero) is 1. The van der Waals surface area contributed by atoms with Crippen molar-refractivity contribution in [1.82, 2.24) is 15.6 Å². The van der Waals surface area contributed by atoms with Gasteiger partial charge in [0.2, 0.25) is 5.72 Å². The number of carbonyl (C=O) groups is 3. The van der Waals surface area contributed by atoms with Crippen LogP contribution in [0.4, 0.5) is 18.0 Å². The molecule has 3 rings (SSSR count). The highest BCUT2D eigenvalue weighted by atomic mass is 19.4. The van der Waals surface area contributed by atoms with Crippen LogP contribution in [0, 0.1) is 5.92 Å². The summed E-state index contributed by atoms with van der Waals surface area (Å²) in [7, 11) is 0. The molecule has 2 heterocycles. The van der Waals surface area contributed by atoms with Crippen LogP contribution in [0.5, 0.6) is 0 Å². The fraction of sp³-hybridized carbons (Fsp3) is 0.222. The van der Waals surface area contributed by atoms with Crippen molar-refractivity contribution in [2.45, 2.75) is 17.9 Å². The van der Waals surface area contributed by atoms with E-state index in [0.717, 1.165) is 18.3 Å². The molecular weight excluding hydrogens is 395 g/mol. The quantitative estimate of drug-likeness (QED) is 0.571. The minimum absolute atomic E-state index is 0.00904. The number of ketones is 1. The molecule has 3 atom stereocenters. The molecule has 1 aliphatic heterocycles. The number of urea groups is 1. The zero-order valence-corrected chi connectivity index (χ0v) is 14.5. The SMILES string of the molecule is O=C1N[C@@H](c2ccc(C(=O)O)cc2)[C@@H](C(=O)c2cccnc2)[C@@](O)(C(F)(F)F)N1. The van der Waals surface area contributed by atoms with Gasteiger partial charge in [-0.2, -0.15) is 13.2 Å². The van der Waals surface area contributed by atoms with Crippen molar-refractivity contribution >= 4 is 17.8 Å². The van der Waals surface area contributed by atoms with E-state index in [0.29, 0.717) is 0 Å². The molecule has 2 amide bonds. The number of hydrogen-bond donors (Lipinski definition) is 4. The zero-order chi connectivity index (χ0) is 21.4. The second-order valence-corrected chi connectivity index (χ2v) is 6.35. The van der Waals surface area contributed by atoms with E-state index in [-0.39, 0.29) is 16.7 Å². The topological polar surface area (TPSA) is 129 Å². The molecule has 0 unspecified atom stereocenters. The number of carboxylic acid groups (broad SMARTS) is 1. The molecule has 2 aromatic rings. The van der Waals surface area contributed by atoms with Crippen LogP contribution in [-0.4, -0.2) is 44.9 Å². The lowest BCUT2D eigenvalue weighted by Gasteiger charge is -2.45. The van der Waals surface area contributed by atoms with Crippen LogP contribution in [0.15, 0.2) is 48.8 Å². The lowest BCUT2D eigenvalue weighted by atomic mass is 9.77. The molecule has 0 bridgehead atoms. The molecular formula is C18H14F3N3O5. The number of alkyl halides is 3. The van der Waals surface area contributed by atoms with E-state index in [4.69, 9.17) is 5.11 Å². The predicted molar refractivity (Wildman–Crippen MR) is 90.9 cm³/mol. The van der Waals surface area contributed by atoms with Crippen LogP contribution in [0.1, 0.15) is 32.3 Å². The number of carboxylic acids is 1. The maximum absolute atomic E-state index is 13.7. The number of carbonyl (C=O) groups excluding carboxylic acids is 2. The summed E-state index contributed by atoms with van der Waals surface area (Å²) in [6, 6.07) is 4.20. The number of nitrogens with one attached hydrogen (secondary N) is 2. The van der Waals surface area contributed by atoms with E-state index in [1.807, 2.05) is 0 Å². The summed E-state index contributed by atoms with van der Waals surface area (Å²) in [6.07, 6.45) is -3.03. The van der Waals surface area contributed by atoms with Crippen LogP contribution in [0.25, 0.3) is 0 Å². The molecule has 0 aliphatic carbocycles. The number of aliphatic hydroxyl groups is 1. The summed E-state index contributed by atoms with van der Waals surface area (Å²) in [5.41, 5.74) is -4.20. The Morgan fingerprint density at radius 2 is 1.76 bits per heavy atom. The van der Waals surface area contributed by atoms with Crippen molar-refractivity contribution in [2.24, 2.45) is 5.92 Å². The number of aromatic nitrogens is 1. The normalized spacial score (nSPS) is 24.3. The van der Waals surface area contributed by atoms with E-state index in [1.165, 1.54) is 35.8 Å². The van der Waals surface area contributed by atoms with E-state index in [9.17, 15) is 32.7 Å². The minimum atomic E-state index is -5.38. The maximum atomic E-state index is 13.7. The second-order valence-electron chi connectivity index (χ2n) is 6.35. The van der Waals surface area contributed by atoms with Crippen LogP contribution >= 0.6 is 0 Å². The number of amides is 2.